The zero-order chi connectivity index (χ0) is 14.1. The Morgan fingerprint density at radius 1 is 1.16 bits per heavy atom. The zero-order valence-corrected chi connectivity index (χ0v) is 12.5. The highest BCUT2D eigenvalue weighted by Crippen LogP contribution is 2.20. The van der Waals surface area contributed by atoms with Crippen molar-refractivity contribution in [3.63, 3.8) is 0 Å². The van der Waals surface area contributed by atoms with Gasteiger partial charge < -0.3 is 5.32 Å². The molecule has 0 fully saturated rings. The second-order valence-electron chi connectivity index (χ2n) is 5.28. The maximum Gasteiger partial charge on any atom is 0.223 e. The number of benzene rings is 1. The molecule has 0 radical (unpaired) electrons. The van der Waals surface area contributed by atoms with Crippen molar-refractivity contribution in [1.82, 2.24) is 5.32 Å². The second kappa shape index (κ2) is 8.73. The van der Waals surface area contributed by atoms with E-state index in [1.54, 1.807) is 0 Å². The van der Waals surface area contributed by atoms with Crippen molar-refractivity contribution < 1.29 is 4.79 Å². The van der Waals surface area contributed by atoms with Gasteiger partial charge in [0, 0.05) is 5.92 Å². The molecule has 0 saturated carbocycles. The molecule has 0 bridgehead atoms. The van der Waals surface area contributed by atoms with E-state index >= 15 is 0 Å². The number of amides is 1. The van der Waals surface area contributed by atoms with Gasteiger partial charge in [-0.2, -0.15) is 0 Å². The Labute approximate surface area is 117 Å². The molecule has 0 aliphatic carbocycles. The van der Waals surface area contributed by atoms with E-state index in [-0.39, 0.29) is 17.9 Å². The monoisotopic (exact) mass is 261 g/mol. The van der Waals surface area contributed by atoms with Gasteiger partial charge in [0.15, 0.2) is 0 Å². The Balaban J connectivity index is 2.67. The molecule has 0 saturated heterocycles. The molecule has 19 heavy (non-hydrogen) atoms. The molecule has 1 aromatic carbocycles. The quantitative estimate of drug-likeness (QED) is 0.687. The molecular formula is C17H27NO. The first kappa shape index (κ1) is 15.7. The van der Waals surface area contributed by atoms with Crippen LogP contribution in [-0.2, 0) is 4.79 Å². The molecule has 2 unspecified atom stereocenters. The van der Waals surface area contributed by atoms with Crippen LogP contribution < -0.4 is 5.32 Å². The van der Waals surface area contributed by atoms with Gasteiger partial charge in [0.2, 0.25) is 5.91 Å². The van der Waals surface area contributed by atoms with Crippen molar-refractivity contribution in [3.05, 3.63) is 35.9 Å². The molecule has 0 heterocycles. The first-order chi connectivity index (χ1) is 9.19. The topological polar surface area (TPSA) is 29.1 Å². The van der Waals surface area contributed by atoms with Gasteiger partial charge in [0.05, 0.1) is 6.04 Å². The third kappa shape index (κ3) is 5.46. The van der Waals surface area contributed by atoms with Crippen LogP contribution in [0.4, 0.5) is 0 Å². The predicted molar refractivity (Wildman–Crippen MR) is 80.9 cm³/mol. The summed E-state index contributed by atoms with van der Waals surface area (Å²) in [6, 6.07) is 10.5. The molecule has 2 heteroatoms. The van der Waals surface area contributed by atoms with Crippen LogP contribution in [0.1, 0.15) is 64.5 Å². The van der Waals surface area contributed by atoms with E-state index in [9.17, 15) is 4.79 Å². The second-order valence-corrected chi connectivity index (χ2v) is 5.28. The standard InChI is InChI=1S/C17H27NO/c1-4-6-8-13-16(15-11-9-7-10-12-15)18-17(19)14(3)5-2/h7,9-12,14,16H,4-6,8,13H2,1-3H3,(H,18,19). The lowest BCUT2D eigenvalue weighted by atomic mass is 9.99. The van der Waals surface area contributed by atoms with Crippen molar-refractivity contribution in [1.29, 1.82) is 0 Å². The van der Waals surface area contributed by atoms with Crippen LogP contribution in [0.25, 0.3) is 0 Å². The smallest absolute Gasteiger partial charge is 0.223 e. The molecule has 1 N–H and O–H groups in total. The maximum absolute atomic E-state index is 12.1. The summed E-state index contributed by atoms with van der Waals surface area (Å²) in [7, 11) is 0. The van der Waals surface area contributed by atoms with Crippen LogP contribution in [0, 0.1) is 5.92 Å². The summed E-state index contributed by atoms with van der Waals surface area (Å²) < 4.78 is 0. The van der Waals surface area contributed by atoms with Crippen LogP contribution in [-0.4, -0.2) is 5.91 Å². The van der Waals surface area contributed by atoms with Crippen molar-refractivity contribution in [2.75, 3.05) is 0 Å². The van der Waals surface area contributed by atoms with Gasteiger partial charge in [-0.1, -0.05) is 70.4 Å². The third-order valence-electron chi connectivity index (χ3n) is 3.67. The summed E-state index contributed by atoms with van der Waals surface area (Å²) in [6.07, 6.45) is 5.52. The molecule has 106 valence electrons. The Morgan fingerprint density at radius 2 is 1.84 bits per heavy atom. The average molecular weight is 261 g/mol. The van der Waals surface area contributed by atoms with Gasteiger partial charge in [-0.25, -0.2) is 0 Å². The van der Waals surface area contributed by atoms with Crippen molar-refractivity contribution in [3.8, 4) is 0 Å². The first-order valence-corrected chi connectivity index (χ1v) is 7.54. The van der Waals surface area contributed by atoms with Gasteiger partial charge in [0.25, 0.3) is 0 Å². The third-order valence-corrected chi connectivity index (χ3v) is 3.67. The zero-order valence-electron chi connectivity index (χ0n) is 12.5. The number of carbonyl (C=O) groups excluding carboxylic acids is 1. The summed E-state index contributed by atoms with van der Waals surface area (Å²) in [5.41, 5.74) is 1.22. The van der Waals surface area contributed by atoms with Crippen LogP contribution in [0.15, 0.2) is 30.3 Å². The van der Waals surface area contributed by atoms with E-state index in [2.05, 4.69) is 31.3 Å². The first-order valence-electron chi connectivity index (χ1n) is 7.54. The summed E-state index contributed by atoms with van der Waals surface area (Å²) in [5.74, 6) is 0.269. The largest absolute Gasteiger partial charge is 0.349 e. The summed E-state index contributed by atoms with van der Waals surface area (Å²) >= 11 is 0. The predicted octanol–water partition coefficient (Wildman–Crippen LogP) is 4.47. The highest BCUT2D eigenvalue weighted by Gasteiger charge is 2.17. The van der Waals surface area contributed by atoms with Crippen molar-refractivity contribution >= 4 is 5.91 Å². The Kier molecular flexibility index (Phi) is 7.24. The molecule has 1 amide bonds. The number of hydrogen-bond acceptors (Lipinski definition) is 1. The molecule has 0 spiro atoms. The van der Waals surface area contributed by atoms with Gasteiger partial charge in [-0.15, -0.1) is 0 Å². The number of carbonyl (C=O) groups is 1. The minimum atomic E-state index is 0.0948. The highest BCUT2D eigenvalue weighted by molar-refractivity contribution is 5.78. The Hall–Kier alpha value is -1.31. The van der Waals surface area contributed by atoms with E-state index in [4.69, 9.17) is 0 Å². The molecule has 0 aliphatic rings. The van der Waals surface area contributed by atoms with Gasteiger partial charge in [-0.3, -0.25) is 4.79 Å². The summed E-state index contributed by atoms with van der Waals surface area (Å²) in [4.78, 5) is 12.1. The van der Waals surface area contributed by atoms with E-state index < -0.39 is 0 Å². The summed E-state index contributed by atoms with van der Waals surface area (Å²) in [6.45, 7) is 6.25. The molecule has 2 atom stereocenters. The molecule has 1 rings (SSSR count). The van der Waals surface area contributed by atoms with Crippen LogP contribution >= 0.6 is 0 Å². The number of nitrogens with one attached hydrogen (secondary N) is 1. The van der Waals surface area contributed by atoms with Gasteiger partial charge >= 0.3 is 0 Å². The maximum atomic E-state index is 12.1. The van der Waals surface area contributed by atoms with E-state index in [0.717, 1.165) is 19.3 Å². The van der Waals surface area contributed by atoms with E-state index in [1.807, 2.05) is 25.1 Å². The SMILES string of the molecule is CCCCCC(NC(=O)C(C)CC)c1ccccc1. The van der Waals surface area contributed by atoms with E-state index in [1.165, 1.54) is 18.4 Å². The highest BCUT2D eigenvalue weighted by atomic mass is 16.1. The van der Waals surface area contributed by atoms with Crippen molar-refractivity contribution in [2.24, 2.45) is 5.92 Å². The minimum absolute atomic E-state index is 0.0948. The van der Waals surface area contributed by atoms with Crippen molar-refractivity contribution in [2.45, 2.75) is 58.9 Å². The Morgan fingerprint density at radius 3 is 2.42 bits per heavy atom. The van der Waals surface area contributed by atoms with Gasteiger partial charge in [0.1, 0.15) is 0 Å². The molecule has 1 aromatic rings. The van der Waals surface area contributed by atoms with Gasteiger partial charge in [-0.05, 0) is 18.4 Å². The fourth-order valence-electron chi connectivity index (χ4n) is 2.11. The lowest BCUT2D eigenvalue weighted by molar-refractivity contribution is -0.125. The molecular weight excluding hydrogens is 234 g/mol. The lowest BCUT2D eigenvalue weighted by Crippen LogP contribution is -2.32. The fourth-order valence-corrected chi connectivity index (χ4v) is 2.11. The lowest BCUT2D eigenvalue weighted by Gasteiger charge is -2.21. The summed E-state index contributed by atoms with van der Waals surface area (Å²) in [5, 5.41) is 3.20. The van der Waals surface area contributed by atoms with E-state index in [0.29, 0.717) is 0 Å². The fraction of sp³-hybridized carbons (Fsp3) is 0.588. The van der Waals surface area contributed by atoms with Crippen LogP contribution in [0.3, 0.4) is 0 Å². The molecule has 0 aromatic heterocycles. The molecule has 2 nitrogen and oxygen atoms in total. The average Bonchev–Trinajstić information content (AvgIpc) is 2.46. The van der Waals surface area contributed by atoms with Crippen LogP contribution in [0.2, 0.25) is 0 Å². The molecule has 0 aliphatic heterocycles. The van der Waals surface area contributed by atoms with Crippen LogP contribution in [0.5, 0.6) is 0 Å². The Bertz CT molecular complexity index is 361. The minimum Gasteiger partial charge on any atom is -0.349 e. The normalized spacial score (nSPS) is 13.8. The number of rotatable bonds is 8. The number of hydrogen-bond donors (Lipinski definition) is 1. The number of unbranched alkanes of at least 4 members (excludes halogenated alkanes) is 2.